The Hall–Kier alpha value is -1.43. The molecule has 1 aliphatic carbocycles. The van der Waals surface area contributed by atoms with E-state index in [9.17, 15) is 8.78 Å². The lowest BCUT2D eigenvalue weighted by Gasteiger charge is -1.90. The van der Waals surface area contributed by atoms with E-state index in [1.54, 1.807) is 0 Å². The number of hydrogen-bond acceptors (Lipinski definition) is 1. The van der Waals surface area contributed by atoms with Gasteiger partial charge in [0.2, 0.25) is 0 Å². The van der Waals surface area contributed by atoms with Gasteiger partial charge < -0.3 is 0 Å². The number of rotatable bonds is 1. The molecule has 15 heavy (non-hydrogen) atoms. The van der Waals surface area contributed by atoms with Crippen LogP contribution in [0.4, 0.5) is 8.78 Å². The van der Waals surface area contributed by atoms with Gasteiger partial charge in [0, 0.05) is 0 Å². The lowest BCUT2D eigenvalue weighted by Crippen LogP contribution is -1.83. The molecule has 0 unspecified atom stereocenters. The maximum atomic E-state index is 12.4. The summed E-state index contributed by atoms with van der Waals surface area (Å²) in [6.07, 6.45) is 4.44. The molecular weight excluding hydrogens is 196 g/mol. The SMILES string of the molecule is CCC1CC1.N#Cc1cc(F)ccc1F. The first-order valence-corrected chi connectivity index (χ1v) is 5.02. The number of hydrogen-bond donors (Lipinski definition) is 0. The Bertz CT molecular complexity index is 364. The van der Waals surface area contributed by atoms with Crippen LogP contribution in [0.3, 0.4) is 0 Å². The van der Waals surface area contributed by atoms with E-state index < -0.39 is 11.6 Å². The largest absolute Gasteiger partial charge is 0.207 e. The zero-order valence-corrected chi connectivity index (χ0v) is 8.63. The van der Waals surface area contributed by atoms with E-state index in [1.807, 2.05) is 0 Å². The first-order chi connectivity index (χ1) is 7.17. The third-order valence-electron chi connectivity index (χ3n) is 2.32. The molecule has 1 aliphatic rings. The van der Waals surface area contributed by atoms with E-state index in [-0.39, 0.29) is 5.56 Å². The summed E-state index contributed by atoms with van der Waals surface area (Å²) in [7, 11) is 0. The van der Waals surface area contributed by atoms with E-state index in [1.165, 1.54) is 25.3 Å². The van der Waals surface area contributed by atoms with Gasteiger partial charge in [-0.15, -0.1) is 0 Å². The van der Waals surface area contributed by atoms with Gasteiger partial charge in [-0.3, -0.25) is 0 Å². The van der Waals surface area contributed by atoms with Gasteiger partial charge in [-0.05, 0) is 24.1 Å². The minimum Gasteiger partial charge on any atom is -0.207 e. The third-order valence-corrected chi connectivity index (χ3v) is 2.32. The molecule has 1 aromatic carbocycles. The highest BCUT2D eigenvalue weighted by atomic mass is 19.1. The summed E-state index contributed by atoms with van der Waals surface area (Å²) >= 11 is 0. The van der Waals surface area contributed by atoms with Gasteiger partial charge in [0.25, 0.3) is 0 Å². The lowest BCUT2D eigenvalue weighted by atomic mass is 10.2. The van der Waals surface area contributed by atoms with Crippen LogP contribution in [0.1, 0.15) is 31.7 Å². The molecule has 80 valence electrons. The van der Waals surface area contributed by atoms with Gasteiger partial charge in [0.05, 0.1) is 5.56 Å². The van der Waals surface area contributed by atoms with E-state index >= 15 is 0 Å². The molecule has 0 heterocycles. The van der Waals surface area contributed by atoms with Crippen LogP contribution >= 0.6 is 0 Å². The molecule has 1 fully saturated rings. The fourth-order valence-corrected chi connectivity index (χ4v) is 1.11. The van der Waals surface area contributed by atoms with Gasteiger partial charge in [0.15, 0.2) is 0 Å². The molecule has 1 nitrogen and oxygen atoms in total. The maximum Gasteiger partial charge on any atom is 0.141 e. The Balaban J connectivity index is 0.000000187. The van der Waals surface area contributed by atoms with Crippen molar-refractivity contribution in [3.8, 4) is 6.07 Å². The summed E-state index contributed by atoms with van der Waals surface area (Å²) in [5, 5.41) is 8.19. The van der Waals surface area contributed by atoms with Crippen molar-refractivity contribution >= 4 is 0 Å². The minimum atomic E-state index is -0.691. The molecule has 0 saturated heterocycles. The van der Waals surface area contributed by atoms with Crippen molar-refractivity contribution in [1.82, 2.24) is 0 Å². The second-order valence-electron chi connectivity index (χ2n) is 3.59. The van der Waals surface area contributed by atoms with Crippen LogP contribution in [0.5, 0.6) is 0 Å². The smallest absolute Gasteiger partial charge is 0.141 e. The molecule has 1 aromatic rings. The highest BCUT2D eigenvalue weighted by Gasteiger charge is 2.17. The van der Waals surface area contributed by atoms with Crippen molar-refractivity contribution in [3.05, 3.63) is 35.4 Å². The van der Waals surface area contributed by atoms with Crippen LogP contribution in [0.2, 0.25) is 0 Å². The minimum absolute atomic E-state index is 0.264. The van der Waals surface area contributed by atoms with Crippen LogP contribution in [0.25, 0.3) is 0 Å². The van der Waals surface area contributed by atoms with Gasteiger partial charge in [-0.1, -0.05) is 26.2 Å². The van der Waals surface area contributed by atoms with Crippen LogP contribution in [-0.2, 0) is 0 Å². The Labute approximate surface area is 88.3 Å². The standard InChI is InChI=1S/C7H3F2N.C5H10/c8-6-1-2-7(9)5(3-6)4-10;1-2-5-3-4-5/h1-3H;5H,2-4H2,1H3. The topological polar surface area (TPSA) is 23.8 Å². The quantitative estimate of drug-likeness (QED) is 0.692. The second-order valence-corrected chi connectivity index (χ2v) is 3.59. The molecule has 0 aliphatic heterocycles. The Morgan fingerprint density at radius 1 is 1.40 bits per heavy atom. The number of benzene rings is 1. The molecular formula is C12H13F2N. The molecule has 0 radical (unpaired) electrons. The second kappa shape index (κ2) is 5.45. The van der Waals surface area contributed by atoms with E-state index in [4.69, 9.17) is 5.26 Å². The Kier molecular flexibility index (Phi) is 4.23. The zero-order valence-electron chi connectivity index (χ0n) is 8.63. The molecule has 0 spiro atoms. The molecule has 0 atom stereocenters. The predicted octanol–water partition coefficient (Wildman–Crippen LogP) is 3.64. The van der Waals surface area contributed by atoms with Crippen LogP contribution < -0.4 is 0 Å². The van der Waals surface area contributed by atoms with E-state index in [0.717, 1.165) is 24.1 Å². The summed E-state index contributed by atoms with van der Waals surface area (Å²) in [4.78, 5) is 0. The van der Waals surface area contributed by atoms with Crippen molar-refractivity contribution in [2.24, 2.45) is 5.92 Å². The van der Waals surface area contributed by atoms with Gasteiger partial charge >= 0.3 is 0 Å². The van der Waals surface area contributed by atoms with Crippen molar-refractivity contribution in [2.75, 3.05) is 0 Å². The molecule has 3 heteroatoms. The molecule has 0 amide bonds. The number of nitriles is 1. The Morgan fingerprint density at radius 3 is 2.40 bits per heavy atom. The highest BCUT2D eigenvalue weighted by molar-refractivity contribution is 5.30. The Morgan fingerprint density at radius 2 is 2.07 bits per heavy atom. The van der Waals surface area contributed by atoms with Crippen molar-refractivity contribution < 1.29 is 8.78 Å². The molecule has 1 saturated carbocycles. The van der Waals surface area contributed by atoms with Crippen molar-refractivity contribution in [3.63, 3.8) is 0 Å². The lowest BCUT2D eigenvalue weighted by molar-refractivity contribution is 0.597. The normalized spacial score (nSPS) is 13.7. The van der Waals surface area contributed by atoms with E-state index in [0.29, 0.717) is 0 Å². The first kappa shape index (κ1) is 11.6. The van der Waals surface area contributed by atoms with Crippen LogP contribution in [0, 0.1) is 28.9 Å². The van der Waals surface area contributed by atoms with Gasteiger partial charge in [0.1, 0.15) is 17.7 Å². The summed E-state index contributed by atoms with van der Waals surface area (Å²) in [5.74, 6) is -0.156. The molecule has 2 rings (SSSR count). The first-order valence-electron chi connectivity index (χ1n) is 5.02. The van der Waals surface area contributed by atoms with Crippen molar-refractivity contribution in [1.29, 1.82) is 5.26 Å². The van der Waals surface area contributed by atoms with E-state index in [2.05, 4.69) is 6.92 Å². The average molecular weight is 209 g/mol. The molecule has 0 aromatic heterocycles. The fourth-order valence-electron chi connectivity index (χ4n) is 1.11. The number of nitrogens with zero attached hydrogens (tertiary/aromatic N) is 1. The summed E-state index contributed by atoms with van der Waals surface area (Å²) in [5.41, 5.74) is -0.264. The fraction of sp³-hybridized carbons (Fsp3) is 0.417. The summed E-state index contributed by atoms with van der Waals surface area (Å²) in [6, 6.07) is 4.27. The van der Waals surface area contributed by atoms with Crippen LogP contribution in [0.15, 0.2) is 18.2 Å². The zero-order chi connectivity index (χ0) is 11.3. The molecule has 0 bridgehead atoms. The highest BCUT2D eigenvalue weighted by Crippen LogP contribution is 2.31. The average Bonchev–Trinajstić information content (AvgIpc) is 3.06. The maximum absolute atomic E-state index is 12.4. The molecule has 0 N–H and O–H groups in total. The summed E-state index contributed by atoms with van der Waals surface area (Å²) in [6.45, 7) is 2.26. The third kappa shape index (κ3) is 4.07. The number of halogens is 2. The van der Waals surface area contributed by atoms with Gasteiger partial charge in [-0.25, -0.2) is 8.78 Å². The predicted molar refractivity (Wildman–Crippen MR) is 54.1 cm³/mol. The monoisotopic (exact) mass is 209 g/mol. The van der Waals surface area contributed by atoms with Crippen molar-refractivity contribution in [2.45, 2.75) is 26.2 Å². The van der Waals surface area contributed by atoms with Crippen LogP contribution in [-0.4, -0.2) is 0 Å². The van der Waals surface area contributed by atoms with Gasteiger partial charge in [-0.2, -0.15) is 5.26 Å². The summed E-state index contributed by atoms with van der Waals surface area (Å²) < 4.78 is 24.6.